The smallest absolute Gasteiger partial charge is 0.873 e. The van der Waals surface area contributed by atoms with Gasteiger partial charge in [-0.25, -0.2) is 0 Å². The van der Waals surface area contributed by atoms with Crippen LogP contribution in [0.25, 0.3) is 0 Å². The molecule has 5 heteroatoms. The molecule has 0 atom stereocenters. The van der Waals surface area contributed by atoms with Crippen LogP contribution in [0, 0.1) is 13.8 Å². The summed E-state index contributed by atoms with van der Waals surface area (Å²) in [5.41, 5.74) is 6.41. The van der Waals surface area contributed by atoms with Crippen LogP contribution in [0.5, 0.6) is 11.5 Å². The predicted octanol–water partition coefficient (Wildman–Crippen LogP) is 7.53. The molecule has 36 heavy (non-hydrogen) atoms. The van der Waals surface area contributed by atoms with Gasteiger partial charge in [-0.1, -0.05) is 87.2 Å². The van der Waals surface area contributed by atoms with Gasteiger partial charge in [0.25, 0.3) is 0 Å². The number of unbranched alkanes of at least 4 members (excludes halogenated alkanes) is 1. The van der Waals surface area contributed by atoms with Crippen LogP contribution in [0.1, 0.15) is 69.6 Å². The second kappa shape index (κ2) is 16.7. The molecule has 0 bridgehead atoms. The number of hydrogen-bond acceptors (Lipinski definition) is 4. The molecule has 3 aromatic carbocycles. The van der Waals surface area contributed by atoms with E-state index in [1.807, 2.05) is 66.7 Å². The van der Waals surface area contributed by atoms with Crippen LogP contribution in [-0.4, -0.2) is 11.4 Å². The quantitative estimate of drug-likeness (QED) is 0.212. The van der Waals surface area contributed by atoms with E-state index in [2.05, 4.69) is 20.8 Å². The molecule has 4 nitrogen and oxygen atoms in total. The van der Waals surface area contributed by atoms with Crippen LogP contribution >= 0.6 is 0 Å². The van der Waals surface area contributed by atoms with Crippen molar-refractivity contribution in [3.63, 3.8) is 0 Å². The summed E-state index contributed by atoms with van der Waals surface area (Å²) in [6, 6.07) is 22.1. The molecule has 0 aromatic heterocycles. The predicted molar refractivity (Wildman–Crippen MR) is 146 cm³/mol. The number of aliphatic imine (C=N–C) groups is 2. The normalized spacial score (nSPS) is 11.4. The van der Waals surface area contributed by atoms with Gasteiger partial charge < -0.3 is 10.2 Å². The van der Waals surface area contributed by atoms with Crippen molar-refractivity contribution in [3.05, 3.63) is 83.4 Å². The van der Waals surface area contributed by atoms with Crippen molar-refractivity contribution in [1.29, 1.82) is 0 Å². The van der Waals surface area contributed by atoms with E-state index in [1.54, 1.807) is 13.8 Å². The molecular formula is C31H38N2NiO2. The fourth-order valence-electron chi connectivity index (χ4n) is 3.73. The van der Waals surface area contributed by atoms with Crippen molar-refractivity contribution in [1.82, 2.24) is 0 Å². The largest absolute Gasteiger partial charge is 2.00 e. The fraction of sp³-hybridized carbons (Fsp3) is 0.355. The Morgan fingerprint density at radius 3 is 1.72 bits per heavy atom. The number of benzene rings is 3. The summed E-state index contributed by atoms with van der Waals surface area (Å²) >= 11 is 0. The molecule has 0 heterocycles. The van der Waals surface area contributed by atoms with Gasteiger partial charge in [0.2, 0.25) is 0 Å². The zero-order chi connectivity index (χ0) is 25.6. The minimum atomic E-state index is -0.350. The van der Waals surface area contributed by atoms with Crippen LogP contribution in [0.15, 0.2) is 76.7 Å². The molecular weight excluding hydrogens is 491 g/mol. The molecule has 0 N–H and O–H groups in total. The van der Waals surface area contributed by atoms with E-state index in [4.69, 9.17) is 9.98 Å². The molecule has 0 radical (unpaired) electrons. The third-order valence-corrected chi connectivity index (χ3v) is 5.77. The van der Waals surface area contributed by atoms with Gasteiger partial charge in [-0.3, -0.25) is 9.98 Å². The molecule has 0 spiro atoms. The van der Waals surface area contributed by atoms with Gasteiger partial charge in [0.1, 0.15) is 0 Å². The Labute approximate surface area is 227 Å². The van der Waals surface area contributed by atoms with Crippen molar-refractivity contribution in [3.8, 4) is 11.5 Å². The maximum atomic E-state index is 11.4. The molecule has 0 saturated carbocycles. The zero-order valence-electron chi connectivity index (χ0n) is 22.1. The first-order chi connectivity index (χ1) is 16.9. The number of hydrogen-bond donors (Lipinski definition) is 0. The summed E-state index contributed by atoms with van der Waals surface area (Å²) in [6.07, 6.45) is 6.05. The van der Waals surface area contributed by atoms with Crippen LogP contribution in [0.3, 0.4) is 0 Å². The molecule has 0 aliphatic rings. The first-order valence-corrected chi connectivity index (χ1v) is 12.6. The topological polar surface area (TPSA) is 70.8 Å². The maximum absolute atomic E-state index is 11.4. The molecule has 3 aromatic rings. The van der Waals surface area contributed by atoms with E-state index in [-0.39, 0.29) is 28.0 Å². The van der Waals surface area contributed by atoms with E-state index in [9.17, 15) is 10.2 Å². The third kappa shape index (κ3) is 9.62. The third-order valence-electron chi connectivity index (χ3n) is 5.77. The summed E-state index contributed by atoms with van der Waals surface area (Å²) in [7, 11) is 0. The van der Waals surface area contributed by atoms with E-state index in [0.29, 0.717) is 11.1 Å². The average molecular weight is 529 g/mol. The van der Waals surface area contributed by atoms with E-state index >= 15 is 0 Å². The molecule has 0 fully saturated rings. The van der Waals surface area contributed by atoms with Gasteiger partial charge in [-0.15, -0.1) is 11.5 Å². The van der Waals surface area contributed by atoms with Crippen LogP contribution < -0.4 is 10.2 Å². The molecule has 0 saturated heterocycles. The summed E-state index contributed by atoms with van der Waals surface area (Å²) < 4.78 is 0. The van der Waals surface area contributed by atoms with Gasteiger partial charge in [-0.05, 0) is 69.4 Å². The molecule has 0 aliphatic heterocycles. The van der Waals surface area contributed by atoms with Crippen LogP contribution in [0.2, 0.25) is 0 Å². The molecule has 0 unspecified atom stereocenters. The number of rotatable bonds is 9. The standard InChI is InChI=1S/C20H24N2.C11H16O2.Ni/c1-3-5-16-20(22-18-14-10-7-11-15-18)19(4-2)21-17-12-8-6-9-13-17;1-4-5-9-6-7(2)10(12)11(13)8(9)3;/h6-15H,3-5,16H2,1-2H3;6,12-13H,4-5H2,1-3H3;/q;;+2/p-2. The van der Waals surface area contributed by atoms with E-state index in [1.165, 1.54) is 0 Å². The van der Waals surface area contributed by atoms with Gasteiger partial charge in [0.05, 0.1) is 22.8 Å². The Bertz CT molecular complexity index is 1110. The Balaban J connectivity index is 0.000000397. The summed E-state index contributed by atoms with van der Waals surface area (Å²) in [5, 5.41) is 22.6. The van der Waals surface area contributed by atoms with Gasteiger partial charge in [-0.2, -0.15) is 0 Å². The molecule has 0 amide bonds. The molecule has 0 aliphatic carbocycles. The summed E-state index contributed by atoms with van der Waals surface area (Å²) in [4.78, 5) is 9.66. The Hall–Kier alpha value is -2.91. The summed E-state index contributed by atoms with van der Waals surface area (Å²) in [6.45, 7) is 9.84. The Morgan fingerprint density at radius 1 is 0.722 bits per heavy atom. The van der Waals surface area contributed by atoms with Crippen LogP contribution in [0.4, 0.5) is 11.4 Å². The number of para-hydroxylation sites is 2. The Kier molecular flexibility index (Phi) is 14.4. The van der Waals surface area contributed by atoms with E-state index in [0.717, 1.165) is 66.9 Å². The average Bonchev–Trinajstić information content (AvgIpc) is 2.89. The van der Waals surface area contributed by atoms with E-state index < -0.39 is 0 Å². The Morgan fingerprint density at radius 2 is 1.25 bits per heavy atom. The van der Waals surface area contributed by atoms with Gasteiger partial charge in [0.15, 0.2) is 0 Å². The molecule has 194 valence electrons. The molecule has 3 rings (SSSR count). The van der Waals surface area contributed by atoms with Crippen molar-refractivity contribution in [2.75, 3.05) is 0 Å². The maximum Gasteiger partial charge on any atom is 2.00 e. The SMILES string of the molecule is CCCCC(=Nc1ccccc1)C(CC)=Nc1ccccc1.CCCc1cc(C)c([O-])c([O-])c1C.[Ni+2]. The fourth-order valence-corrected chi connectivity index (χ4v) is 3.73. The number of nitrogens with zero attached hydrogens (tertiary/aromatic N) is 2. The minimum Gasteiger partial charge on any atom is -0.873 e. The summed E-state index contributed by atoms with van der Waals surface area (Å²) in [5.74, 6) is -0.680. The first kappa shape index (κ1) is 31.1. The number of aryl methyl sites for hydroxylation is 2. The minimum absolute atomic E-state index is 0. The van der Waals surface area contributed by atoms with Crippen molar-refractivity contribution in [2.24, 2.45) is 9.98 Å². The second-order valence-electron chi connectivity index (χ2n) is 8.63. The van der Waals surface area contributed by atoms with Crippen molar-refractivity contribution in [2.45, 2.75) is 73.1 Å². The van der Waals surface area contributed by atoms with Crippen molar-refractivity contribution >= 4 is 22.8 Å². The van der Waals surface area contributed by atoms with Crippen molar-refractivity contribution < 1.29 is 26.7 Å². The van der Waals surface area contributed by atoms with Gasteiger partial charge in [0, 0.05) is 0 Å². The van der Waals surface area contributed by atoms with Crippen LogP contribution in [-0.2, 0) is 22.9 Å². The monoisotopic (exact) mass is 528 g/mol. The first-order valence-electron chi connectivity index (χ1n) is 12.6. The zero-order valence-corrected chi connectivity index (χ0v) is 23.1. The second-order valence-corrected chi connectivity index (χ2v) is 8.63. The van der Waals surface area contributed by atoms with Gasteiger partial charge >= 0.3 is 16.5 Å².